The normalized spacial score (nSPS) is 13.6. The van der Waals surface area contributed by atoms with Crippen LogP contribution in [0.4, 0.5) is 10.5 Å². The fraction of sp³-hybridized carbons (Fsp3) is 0.250. The number of nitrogens with zero attached hydrogens (tertiary/aromatic N) is 1. The molecule has 1 fully saturated rings. The molecule has 86 valence electrons. The Labute approximate surface area is 98.4 Å². The van der Waals surface area contributed by atoms with E-state index in [1.807, 2.05) is 6.07 Å². The van der Waals surface area contributed by atoms with E-state index in [2.05, 4.69) is 10.6 Å². The average molecular weight is 229 g/mol. The smallest absolute Gasteiger partial charge is 0.308 e. The first-order chi connectivity index (χ1) is 8.19. The van der Waals surface area contributed by atoms with Crippen molar-refractivity contribution in [2.45, 2.75) is 12.8 Å². The molecule has 5 heteroatoms. The Morgan fingerprint density at radius 1 is 1.24 bits per heavy atom. The molecule has 17 heavy (non-hydrogen) atoms. The molecule has 0 heterocycles. The van der Waals surface area contributed by atoms with Crippen molar-refractivity contribution < 1.29 is 9.59 Å². The van der Waals surface area contributed by atoms with Crippen molar-refractivity contribution in [3.63, 3.8) is 0 Å². The van der Waals surface area contributed by atoms with Crippen molar-refractivity contribution in [3.8, 4) is 6.07 Å². The van der Waals surface area contributed by atoms with Crippen molar-refractivity contribution in [1.29, 1.82) is 5.26 Å². The van der Waals surface area contributed by atoms with Gasteiger partial charge in [0, 0.05) is 11.6 Å². The number of nitriles is 1. The molecule has 0 saturated heterocycles. The van der Waals surface area contributed by atoms with E-state index in [0.717, 1.165) is 12.8 Å². The summed E-state index contributed by atoms with van der Waals surface area (Å²) >= 11 is 0. The minimum Gasteiger partial charge on any atom is -0.308 e. The van der Waals surface area contributed by atoms with Gasteiger partial charge in [-0.25, -0.2) is 4.79 Å². The zero-order chi connectivity index (χ0) is 12.3. The molecule has 5 nitrogen and oxygen atoms in total. The third-order valence-corrected chi connectivity index (χ3v) is 2.46. The van der Waals surface area contributed by atoms with E-state index >= 15 is 0 Å². The van der Waals surface area contributed by atoms with Crippen molar-refractivity contribution in [2.24, 2.45) is 5.92 Å². The second kappa shape index (κ2) is 4.66. The topological polar surface area (TPSA) is 82.0 Å². The minimum atomic E-state index is -0.536. The minimum absolute atomic E-state index is 0.00159. The molecule has 0 atom stereocenters. The van der Waals surface area contributed by atoms with Crippen LogP contribution in [-0.2, 0) is 4.79 Å². The summed E-state index contributed by atoms with van der Waals surface area (Å²) in [7, 11) is 0. The lowest BCUT2D eigenvalue weighted by Gasteiger charge is -2.05. The maximum absolute atomic E-state index is 11.4. The molecule has 0 spiro atoms. The van der Waals surface area contributed by atoms with E-state index < -0.39 is 6.03 Å². The molecule has 1 aliphatic rings. The predicted octanol–water partition coefficient (Wildman–Crippen LogP) is 1.62. The van der Waals surface area contributed by atoms with Gasteiger partial charge in [-0.2, -0.15) is 5.26 Å². The maximum Gasteiger partial charge on any atom is 0.325 e. The zero-order valence-electron chi connectivity index (χ0n) is 9.06. The van der Waals surface area contributed by atoms with Crippen LogP contribution in [0.2, 0.25) is 0 Å². The number of hydrogen-bond acceptors (Lipinski definition) is 3. The van der Waals surface area contributed by atoms with Crippen LogP contribution >= 0.6 is 0 Å². The van der Waals surface area contributed by atoms with Crippen LogP contribution in [0.1, 0.15) is 18.4 Å². The summed E-state index contributed by atoms with van der Waals surface area (Å²) in [5, 5.41) is 13.4. The first-order valence-electron chi connectivity index (χ1n) is 5.31. The number of carbonyl (C=O) groups excluding carboxylic acids is 2. The fourth-order valence-electron chi connectivity index (χ4n) is 1.35. The number of urea groups is 1. The highest BCUT2D eigenvalue weighted by atomic mass is 16.2. The standard InChI is InChI=1S/C12H11N3O2/c13-7-8-1-5-10(6-2-8)14-12(17)15-11(16)9-3-4-9/h1-2,5-6,9H,3-4H2,(H2,14,15,16,17). The summed E-state index contributed by atoms with van der Waals surface area (Å²) in [5.41, 5.74) is 1.06. The van der Waals surface area contributed by atoms with Crippen molar-refractivity contribution >= 4 is 17.6 Å². The third kappa shape index (κ3) is 3.05. The second-order valence-corrected chi connectivity index (χ2v) is 3.91. The van der Waals surface area contributed by atoms with Gasteiger partial charge in [0.25, 0.3) is 0 Å². The second-order valence-electron chi connectivity index (χ2n) is 3.91. The van der Waals surface area contributed by atoms with E-state index in [1.165, 1.54) is 0 Å². The van der Waals surface area contributed by atoms with Crippen molar-refractivity contribution in [3.05, 3.63) is 29.8 Å². The molecule has 2 rings (SSSR count). The van der Waals surface area contributed by atoms with Crippen LogP contribution in [-0.4, -0.2) is 11.9 Å². The van der Waals surface area contributed by atoms with Gasteiger partial charge >= 0.3 is 6.03 Å². The number of amides is 3. The summed E-state index contributed by atoms with van der Waals surface area (Å²) < 4.78 is 0. The lowest BCUT2D eigenvalue weighted by atomic mass is 10.2. The number of anilines is 1. The van der Waals surface area contributed by atoms with Crippen LogP contribution in [0.3, 0.4) is 0 Å². The molecule has 3 amide bonds. The van der Waals surface area contributed by atoms with Gasteiger partial charge in [-0.1, -0.05) is 0 Å². The quantitative estimate of drug-likeness (QED) is 0.808. The molecule has 0 aromatic heterocycles. The Kier molecular flexibility index (Phi) is 3.06. The predicted molar refractivity (Wildman–Crippen MR) is 61.0 cm³/mol. The first kappa shape index (κ1) is 11.1. The molecular weight excluding hydrogens is 218 g/mol. The molecule has 2 N–H and O–H groups in total. The van der Waals surface area contributed by atoms with Gasteiger partial charge < -0.3 is 5.32 Å². The van der Waals surface area contributed by atoms with Crippen LogP contribution in [0.25, 0.3) is 0 Å². The van der Waals surface area contributed by atoms with E-state index in [9.17, 15) is 9.59 Å². The molecule has 1 saturated carbocycles. The highest BCUT2D eigenvalue weighted by molar-refractivity contribution is 6.02. The number of imide groups is 1. The number of benzene rings is 1. The molecule has 0 radical (unpaired) electrons. The third-order valence-electron chi connectivity index (χ3n) is 2.46. The molecule has 0 unspecified atom stereocenters. The van der Waals surface area contributed by atoms with Gasteiger partial charge in [0.15, 0.2) is 0 Å². The zero-order valence-corrected chi connectivity index (χ0v) is 9.06. The van der Waals surface area contributed by atoms with E-state index in [4.69, 9.17) is 5.26 Å². The number of hydrogen-bond donors (Lipinski definition) is 2. The molecular formula is C12H11N3O2. The Morgan fingerprint density at radius 2 is 1.88 bits per heavy atom. The molecule has 0 aliphatic heterocycles. The lowest BCUT2D eigenvalue weighted by Crippen LogP contribution is -2.35. The highest BCUT2D eigenvalue weighted by Crippen LogP contribution is 2.28. The van der Waals surface area contributed by atoms with E-state index in [-0.39, 0.29) is 11.8 Å². The Morgan fingerprint density at radius 3 is 2.41 bits per heavy atom. The van der Waals surface area contributed by atoms with Gasteiger partial charge in [-0.05, 0) is 37.1 Å². The van der Waals surface area contributed by atoms with Crippen LogP contribution < -0.4 is 10.6 Å². The summed E-state index contributed by atoms with van der Waals surface area (Å²) in [6.45, 7) is 0. The maximum atomic E-state index is 11.4. The SMILES string of the molecule is N#Cc1ccc(NC(=O)NC(=O)C2CC2)cc1. The average Bonchev–Trinajstić information content (AvgIpc) is 3.13. The van der Waals surface area contributed by atoms with Gasteiger partial charge in [0.05, 0.1) is 11.6 Å². The lowest BCUT2D eigenvalue weighted by molar-refractivity contribution is -0.121. The summed E-state index contributed by atoms with van der Waals surface area (Å²) in [6, 6.07) is 7.86. The van der Waals surface area contributed by atoms with E-state index in [0.29, 0.717) is 11.3 Å². The number of rotatable bonds is 2. The fourth-order valence-corrected chi connectivity index (χ4v) is 1.35. The first-order valence-corrected chi connectivity index (χ1v) is 5.31. The molecule has 1 aromatic rings. The monoisotopic (exact) mass is 229 g/mol. The Balaban J connectivity index is 1.88. The van der Waals surface area contributed by atoms with Crippen LogP contribution in [0.15, 0.2) is 24.3 Å². The number of nitrogens with one attached hydrogen (secondary N) is 2. The van der Waals surface area contributed by atoms with Crippen LogP contribution in [0.5, 0.6) is 0 Å². The van der Waals surface area contributed by atoms with Gasteiger partial charge in [-0.3, -0.25) is 10.1 Å². The summed E-state index contributed by atoms with van der Waals surface area (Å²) in [4.78, 5) is 22.7. The van der Waals surface area contributed by atoms with E-state index in [1.54, 1.807) is 24.3 Å². The molecule has 1 aromatic carbocycles. The van der Waals surface area contributed by atoms with Gasteiger partial charge in [0.1, 0.15) is 0 Å². The number of carbonyl (C=O) groups is 2. The largest absolute Gasteiger partial charge is 0.325 e. The molecule has 1 aliphatic carbocycles. The summed E-state index contributed by atoms with van der Waals surface area (Å²) in [5.74, 6) is -0.224. The Bertz CT molecular complexity index is 483. The van der Waals surface area contributed by atoms with Crippen molar-refractivity contribution in [2.75, 3.05) is 5.32 Å². The summed E-state index contributed by atoms with van der Waals surface area (Å²) in [6.07, 6.45) is 1.71. The Hall–Kier alpha value is -2.35. The highest BCUT2D eigenvalue weighted by Gasteiger charge is 2.30. The van der Waals surface area contributed by atoms with Crippen molar-refractivity contribution in [1.82, 2.24) is 5.32 Å². The van der Waals surface area contributed by atoms with Gasteiger partial charge in [0.2, 0.25) is 5.91 Å². The molecule has 0 bridgehead atoms. The van der Waals surface area contributed by atoms with Gasteiger partial charge in [-0.15, -0.1) is 0 Å². The van der Waals surface area contributed by atoms with Crippen LogP contribution in [0, 0.1) is 17.2 Å².